The van der Waals surface area contributed by atoms with E-state index in [0.717, 1.165) is 6.07 Å². The van der Waals surface area contributed by atoms with Gasteiger partial charge in [-0.25, -0.2) is 4.79 Å². The molecule has 0 radical (unpaired) electrons. The lowest BCUT2D eigenvalue weighted by molar-refractivity contribution is -0.385. The predicted molar refractivity (Wildman–Crippen MR) is 92.6 cm³/mol. The number of nitro groups is 1. The molecule has 2 aromatic rings. The first-order valence-electron chi connectivity index (χ1n) is 7.61. The van der Waals surface area contributed by atoms with Gasteiger partial charge in [-0.2, -0.15) is 8.42 Å². The van der Waals surface area contributed by atoms with Crippen molar-refractivity contribution in [2.24, 2.45) is 0 Å². The van der Waals surface area contributed by atoms with E-state index in [0.29, 0.717) is 5.56 Å². The van der Waals surface area contributed by atoms with Crippen LogP contribution in [-0.2, 0) is 14.9 Å². The average molecular weight is 379 g/mol. The fourth-order valence-corrected chi connectivity index (χ4v) is 3.25. The fraction of sp³-hybridized carbons (Fsp3) is 0.235. The smallest absolute Gasteiger partial charge is 0.339 e. The maximum atomic E-state index is 12.4. The Hall–Kier alpha value is -2.94. The molecular formula is C17H17NO7S. The van der Waals surface area contributed by atoms with Gasteiger partial charge in [0.05, 0.1) is 16.6 Å². The summed E-state index contributed by atoms with van der Waals surface area (Å²) in [6.07, 6.45) is -0.282. The van der Waals surface area contributed by atoms with Gasteiger partial charge in [0.2, 0.25) is 0 Å². The summed E-state index contributed by atoms with van der Waals surface area (Å²) >= 11 is 0. The molecule has 0 atom stereocenters. The van der Waals surface area contributed by atoms with Crippen LogP contribution in [0.3, 0.4) is 0 Å². The molecule has 0 N–H and O–H groups in total. The summed E-state index contributed by atoms with van der Waals surface area (Å²) in [5, 5.41) is 10.9. The van der Waals surface area contributed by atoms with Crippen LogP contribution in [0.2, 0.25) is 0 Å². The monoisotopic (exact) mass is 379 g/mol. The van der Waals surface area contributed by atoms with Crippen molar-refractivity contribution in [1.82, 2.24) is 0 Å². The zero-order valence-corrected chi connectivity index (χ0v) is 15.1. The van der Waals surface area contributed by atoms with Crippen LogP contribution in [0.25, 0.3) is 0 Å². The van der Waals surface area contributed by atoms with Crippen molar-refractivity contribution < 1.29 is 27.1 Å². The Labute approximate surface area is 150 Å². The van der Waals surface area contributed by atoms with Gasteiger partial charge in [0.1, 0.15) is 10.6 Å². The topological polar surface area (TPSA) is 113 Å². The number of hydrogen-bond donors (Lipinski definition) is 0. The van der Waals surface area contributed by atoms with E-state index in [1.54, 1.807) is 13.8 Å². The first kappa shape index (κ1) is 19.4. The summed E-state index contributed by atoms with van der Waals surface area (Å²) in [6.45, 7) is 4.93. The highest BCUT2D eigenvalue weighted by Gasteiger charge is 2.23. The Morgan fingerprint density at radius 1 is 1.12 bits per heavy atom. The molecular weight excluding hydrogens is 362 g/mol. The number of esters is 1. The van der Waals surface area contributed by atoms with Crippen LogP contribution in [0.15, 0.2) is 47.4 Å². The summed E-state index contributed by atoms with van der Waals surface area (Å²) in [7, 11) is -4.27. The van der Waals surface area contributed by atoms with Crippen molar-refractivity contribution in [2.45, 2.75) is 31.8 Å². The van der Waals surface area contributed by atoms with E-state index in [4.69, 9.17) is 8.92 Å². The second-order valence-corrected chi connectivity index (χ2v) is 7.24. The molecule has 0 aliphatic carbocycles. The highest BCUT2D eigenvalue weighted by atomic mass is 32.2. The minimum atomic E-state index is -4.27. The number of benzene rings is 2. The number of aryl methyl sites for hydroxylation is 1. The molecule has 0 saturated heterocycles. The van der Waals surface area contributed by atoms with Gasteiger partial charge < -0.3 is 8.92 Å². The van der Waals surface area contributed by atoms with E-state index >= 15 is 0 Å². The number of nitrogens with zero attached hydrogens (tertiary/aromatic N) is 1. The lowest BCUT2D eigenvalue weighted by atomic mass is 10.2. The van der Waals surface area contributed by atoms with E-state index < -0.39 is 21.0 Å². The lowest BCUT2D eigenvalue weighted by Crippen LogP contribution is -2.13. The molecule has 9 heteroatoms. The number of carbonyl (C=O) groups is 1. The Morgan fingerprint density at radius 3 is 2.27 bits per heavy atom. The molecule has 0 aromatic heterocycles. The third kappa shape index (κ3) is 4.57. The van der Waals surface area contributed by atoms with Gasteiger partial charge >= 0.3 is 16.1 Å². The van der Waals surface area contributed by atoms with Crippen molar-refractivity contribution in [3.8, 4) is 5.75 Å². The van der Waals surface area contributed by atoms with Crippen LogP contribution in [0.4, 0.5) is 5.69 Å². The van der Waals surface area contributed by atoms with Gasteiger partial charge in [0.25, 0.3) is 5.69 Å². The molecule has 0 aliphatic heterocycles. The van der Waals surface area contributed by atoms with E-state index in [1.807, 2.05) is 0 Å². The van der Waals surface area contributed by atoms with Crippen LogP contribution in [-0.4, -0.2) is 25.4 Å². The summed E-state index contributed by atoms with van der Waals surface area (Å²) in [6, 6.07) is 8.84. The van der Waals surface area contributed by atoms with Gasteiger partial charge in [0, 0.05) is 12.1 Å². The number of ether oxygens (including phenoxy) is 1. The quantitative estimate of drug-likeness (QED) is 0.328. The molecule has 0 fully saturated rings. The highest BCUT2D eigenvalue weighted by molar-refractivity contribution is 7.87. The van der Waals surface area contributed by atoms with E-state index in [1.165, 1.54) is 43.3 Å². The van der Waals surface area contributed by atoms with Crippen LogP contribution in [0.1, 0.15) is 29.8 Å². The summed E-state index contributed by atoms with van der Waals surface area (Å²) in [5.74, 6) is -0.569. The molecule has 0 spiro atoms. The minimum Gasteiger partial charge on any atom is -0.459 e. The van der Waals surface area contributed by atoms with E-state index in [9.17, 15) is 23.3 Å². The molecule has 138 valence electrons. The van der Waals surface area contributed by atoms with Crippen molar-refractivity contribution in [3.05, 3.63) is 63.7 Å². The summed E-state index contributed by atoms with van der Waals surface area (Å²) in [4.78, 5) is 21.6. The molecule has 0 unspecified atom stereocenters. The Kier molecular flexibility index (Phi) is 5.61. The third-order valence-electron chi connectivity index (χ3n) is 3.29. The molecule has 8 nitrogen and oxygen atoms in total. The number of nitro benzene ring substituents is 1. The molecule has 0 aliphatic rings. The molecule has 0 saturated carbocycles. The molecule has 2 rings (SSSR count). The Bertz CT molecular complexity index is 934. The van der Waals surface area contributed by atoms with Crippen LogP contribution in [0, 0.1) is 17.0 Å². The second kappa shape index (κ2) is 7.52. The largest absolute Gasteiger partial charge is 0.459 e. The van der Waals surface area contributed by atoms with Crippen molar-refractivity contribution in [1.29, 1.82) is 0 Å². The third-order valence-corrected chi connectivity index (χ3v) is 4.68. The van der Waals surface area contributed by atoms with Crippen molar-refractivity contribution in [2.75, 3.05) is 0 Å². The van der Waals surface area contributed by atoms with Gasteiger partial charge in [-0.15, -0.1) is 0 Å². The number of rotatable bonds is 6. The summed E-state index contributed by atoms with van der Waals surface area (Å²) in [5.41, 5.74) is 0.201. The molecule has 2 aromatic carbocycles. The molecule has 26 heavy (non-hydrogen) atoms. The first-order valence-corrected chi connectivity index (χ1v) is 9.01. The minimum absolute atomic E-state index is 0.0306. The Balaban J connectivity index is 2.26. The van der Waals surface area contributed by atoms with Gasteiger partial charge in [0.15, 0.2) is 0 Å². The molecule has 0 amide bonds. The van der Waals surface area contributed by atoms with Gasteiger partial charge in [-0.3, -0.25) is 10.1 Å². The van der Waals surface area contributed by atoms with Gasteiger partial charge in [-0.1, -0.05) is 6.07 Å². The molecule has 0 bridgehead atoms. The number of non-ortho nitro benzene ring substituents is 1. The lowest BCUT2D eigenvalue weighted by Gasteiger charge is -2.10. The normalized spacial score (nSPS) is 11.2. The summed E-state index contributed by atoms with van der Waals surface area (Å²) < 4.78 is 34.9. The number of carbonyl (C=O) groups excluding carboxylic acids is 1. The van der Waals surface area contributed by atoms with Gasteiger partial charge in [-0.05, 0) is 50.6 Å². The van der Waals surface area contributed by atoms with Crippen LogP contribution < -0.4 is 4.18 Å². The molecule has 0 heterocycles. The highest BCUT2D eigenvalue weighted by Crippen LogP contribution is 2.25. The van der Waals surface area contributed by atoms with Crippen molar-refractivity contribution in [3.63, 3.8) is 0 Å². The second-order valence-electron chi connectivity index (χ2n) is 5.72. The predicted octanol–water partition coefficient (Wildman–Crippen LogP) is 3.24. The maximum Gasteiger partial charge on any atom is 0.339 e. The SMILES string of the molecule is Cc1ccc([N+](=O)[O-])cc1S(=O)(=O)Oc1ccc(C(=O)OC(C)C)cc1. The van der Waals surface area contributed by atoms with E-state index in [-0.39, 0.29) is 28.0 Å². The maximum absolute atomic E-state index is 12.4. The number of hydrogen-bond acceptors (Lipinski definition) is 7. The fourth-order valence-electron chi connectivity index (χ4n) is 2.07. The van der Waals surface area contributed by atoms with Crippen molar-refractivity contribution >= 4 is 21.8 Å². The van der Waals surface area contributed by atoms with Crippen LogP contribution in [0.5, 0.6) is 5.75 Å². The zero-order chi connectivity index (χ0) is 19.5. The van der Waals surface area contributed by atoms with E-state index in [2.05, 4.69) is 0 Å². The van der Waals surface area contributed by atoms with Crippen LogP contribution >= 0.6 is 0 Å². The zero-order valence-electron chi connectivity index (χ0n) is 14.3. The standard InChI is InChI=1S/C17H17NO7S/c1-11(2)24-17(19)13-5-8-15(9-6-13)25-26(22,23)16-10-14(18(20)21)7-4-12(16)3/h4-11H,1-3H3. The average Bonchev–Trinajstić information content (AvgIpc) is 2.54. The first-order chi connectivity index (χ1) is 12.1. The Morgan fingerprint density at radius 2 is 1.73 bits per heavy atom.